The Morgan fingerprint density at radius 2 is 1.72 bits per heavy atom. The first-order valence-corrected chi connectivity index (χ1v) is 10.8. The highest BCUT2D eigenvalue weighted by Gasteiger charge is 2.21. The molecule has 0 spiro atoms. The maximum absolute atomic E-state index is 13.2. The van der Waals surface area contributed by atoms with E-state index in [1.165, 1.54) is 0 Å². The second kappa shape index (κ2) is 9.71. The number of aromatic nitrogens is 2. The van der Waals surface area contributed by atoms with Crippen LogP contribution in [0.2, 0.25) is 5.02 Å². The molecule has 32 heavy (non-hydrogen) atoms. The van der Waals surface area contributed by atoms with Gasteiger partial charge in [0.15, 0.2) is 0 Å². The maximum atomic E-state index is 13.2. The molecule has 4 aromatic rings. The topological polar surface area (TPSA) is 56.2 Å². The predicted octanol–water partition coefficient (Wildman–Crippen LogP) is 6.33. The number of halogens is 1. The highest BCUT2D eigenvalue weighted by Crippen LogP contribution is 2.28. The van der Waals surface area contributed by atoms with E-state index in [-0.39, 0.29) is 11.8 Å². The second-order valence-electron chi connectivity index (χ2n) is 7.39. The molecular formula is C26H24ClN3O2. The van der Waals surface area contributed by atoms with Crippen molar-refractivity contribution < 1.29 is 9.53 Å². The molecule has 0 saturated carbocycles. The summed E-state index contributed by atoms with van der Waals surface area (Å²) in [6.45, 7) is 2.01. The number of hydrogen-bond donors (Lipinski definition) is 1. The van der Waals surface area contributed by atoms with Crippen molar-refractivity contribution >= 4 is 23.3 Å². The van der Waals surface area contributed by atoms with Gasteiger partial charge < -0.3 is 10.1 Å². The molecule has 0 fully saturated rings. The van der Waals surface area contributed by atoms with Gasteiger partial charge in [0, 0.05) is 16.7 Å². The molecule has 0 aliphatic heterocycles. The lowest BCUT2D eigenvalue weighted by Crippen LogP contribution is -2.22. The zero-order valence-corrected chi connectivity index (χ0v) is 18.7. The second-order valence-corrected chi connectivity index (χ2v) is 7.83. The van der Waals surface area contributed by atoms with E-state index in [9.17, 15) is 4.79 Å². The van der Waals surface area contributed by atoms with E-state index in [0.717, 1.165) is 28.3 Å². The Hall–Kier alpha value is -3.57. The monoisotopic (exact) mass is 445 g/mol. The van der Waals surface area contributed by atoms with Gasteiger partial charge in [-0.3, -0.25) is 4.79 Å². The van der Waals surface area contributed by atoms with Gasteiger partial charge in [0.25, 0.3) is 0 Å². The maximum Gasteiger partial charge on any atom is 0.233 e. The van der Waals surface area contributed by atoms with Crippen molar-refractivity contribution in [3.05, 3.63) is 95.5 Å². The van der Waals surface area contributed by atoms with Gasteiger partial charge in [-0.05, 0) is 48.4 Å². The predicted molar refractivity (Wildman–Crippen MR) is 129 cm³/mol. The summed E-state index contributed by atoms with van der Waals surface area (Å²) in [5.74, 6) is 1.02. The van der Waals surface area contributed by atoms with E-state index in [2.05, 4.69) is 5.32 Å². The van der Waals surface area contributed by atoms with Crippen LogP contribution in [0.1, 0.15) is 24.8 Å². The molecule has 0 bridgehead atoms. The van der Waals surface area contributed by atoms with Crippen LogP contribution in [0.15, 0.2) is 84.9 Å². The van der Waals surface area contributed by atoms with E-state index < -0.39 is 0 Å². The molecule has 1 heterocycles. The highest BCUT2D eigenvalue weighted by molar-refractivity contribution is 6.30. The van der Waals surface area contributed by atoms with Gasteiger partial charge in [-0.2, -0.15) is 5.10 Å². The SMILES string of the molecule is CC[C@@H](C(=O)Nc1cc(-c2ccc(Cl)cc2)nn1-c1ccc(OC)cc1)c1ccccc1. The third kappa shape index (κ3) is 4.68. The van der Waals surface area contributed by atoms with Gasteiger partial charge in [0.05, 0.1) is 24.4 Å². The molecule has 1 amide bonds. The summed E-state index contributed by atoms with van der Waals surface area (Å²) in [5.41, 5.74) is 3.45. The molecule has 0 unspecified atom stereocenters. The van der Waals surface area contributed by atoms with Crippen molar-refractivity contribution in [1.29, 1.82) is 0 Å². The average molecular weight is 446 g/mol. The zero-order valence-electron chi connectivity index (χ0n) is 18.0. The summed E-state index contributed by atoms with van der Waals surface area (Å²) < 4.78 is 7.00. The first-order valence-electron chi connectivity index (χ1n) is 10.4. The molecule has 0 aliphatic carbocycles. The third-order valence-electron chi connectivity index (χ3n) is 5.34. The minimum atomic E-state index is -0.255. The molecule has 5 nitrogen and oxygen atoms in total. The van der Waals surface area contributed by atoms with E-state index in [0.29, 0.717) is 17.3 Å². The number of rotatable bonds is 7. The molecule has 162 valence electrons. The Morgan fingerprint density at radius 1 is 1.03 bits per heavy atom. The summed E-state index contributed by atoms with van der Waals surface area (Å²) >= 11 is 6.04. The van der Waals surface area contributed by atoms with Crippen LogP contribution >= 0.6 is 11.6 Å². The number of ether oxygens (including phenoxy) is 1. The lowest BCUT2D eigenvalue weighted by molar-refractivity contribution is -0.117. The van der Waals surface area contributed by atoms with E-state index in [1.54, 1.807) is 11.8 Å². The van der Waals surface area contributed by atoms with Crippen molar-refractivity contribution in [1.82, 2.24) is 9.78 Å². The number of nitrogens with one attached hydrogen (secondary N) is 1. The lowest BCUT2D eigenvalue weighted by atomic mass is 9.96. The van der Waals surface area contributed by atoms with Gasteiger partial charge in [0.1, 0.15) is 11.6 Å². The highest BCUT2D eigenvalue weighted by atomic mass is 35.5. The fourth-order valence-corrected chi connectivity index (χ4v) is 3.75. The van der Waals surface area contributed by atoms with Crippen LogP contribution in [0.5, 0.6) is 5.75 Å². The number of amides is 1. The van der Waals surface area contributed by atoms with E-state index in [1.807, 2.05) is 91.9 Å². The number of hydrogen-bond acceptors (Lipinski definition) is 3. The molecule has 0 aliphatic rings. The van der Waals surface area contributed by atoms with Crippen molar-refractivity contribution in [2.75, 3.05) is 12.4 Å². The van der Waals surface area contributed by atoms with Crippen LogP contribution < -0.4 is 10.1 Å². The normalized spacial score (nSPS) is 11.7. The average Bonchev–Trinajstić information content (AvgIpc) is 3.24. The van der Waals surface area contributed by atoms with Gasteiger partial charge in [0.2, 0.25) is 5.91 Å². The Labute approximate surface area is 192 Å². The van der Waals surface area contributed by atoms with Crippen LogP contribution in [0.4, 0.5) is 5.82 Å². The summed E-state index contributed by atoms with van der Waals surface area (Å²) in [6, 6.07) is 26.7. The molecular weight excluding hydrogens is 422 g/mol. The van der Waals surface area contributed by atoms with Crippen LogP contribution in [0.3, 0.4) is 0 Å². The number of carbonyl (C=O) groups is 1. The first-order chi connectivity index (χ1) is 15.6. The number of anilines is 1. The molecule has 4 rings (SSSR count). The van der Waals surface area contributed by atoms with E-state index >= 15 is 0 Å². The number of methoxy groups -OCH3 is 1. The largest absolute Gasteiger partial charge is 0.497 e. The molecule has 3 aromatic carbocycles. The Bertz CT molecular complexity index is 1190. The molecule has 0 saturated heterocycles. The van der Waals surface area contributed by atoms with Crippen molar-refractivity contribution in [3.8, 4) is 22.7 Å². The van der Waals surface area contributed by atoms with Crippen molar-refractivity contribution in [2.24, 2.45) is 0 Å². The van der Waals surface area contributed by atoms with Gasteiger partial charge in [-0.1, -0.05) is 61.0 Å². The minimum Gasteiger partial charge on any atom is -0.497 e. The molecule has 1 aromatic heterocycles. The fraction of sp³-hybridized carbons (Fsp3) is 0.154. The Balaban J connectivity index is 1.71. The Morgan fingerprint density at radius 3 is 2.34 bits per heavy atom. The zero-order chi connectivity index (χ0) is 22.5. The van der Waals surface area contributed by atoms with Gasteiger partial charge in [-0.25, -0.2) is 4.68 Å². The van der Waals surface area contributed by atoms with Crippen molar-refractivity contribution in [3.63, 3.8) is 0 Å². The summed E-state index contributed by atoms with van der Waals surface area (Å²) in [7, 11) is 1.63. The molecule has 1 atom stereocenters. The lowest BCUT2D eigenvalue weighted by Gasteiger charge is -2.16. The fourth-order valence-electron chi connectivity index (χ4n) is 3.62. The van der Waals surface area contributed by atoms with Gasteiger partial charge >= 0.3 is 0 Å². The molecule has 6 heteroatoms. The Kier molecular flexibility index (Phi) is 6.57. The first kappa shape index (κ1) is 21.7. The summed E-state index contributed by atoms with van der Waals surface area (Å²) in [4.78, 5) is 13.2. The number of carbonyl (C=O) groups excluding carboxylic acids is 1. The van der Waals surface area contributed by atoms with E-state index in [4.69, 9.17) is 21.4 Å². The number of benzene rings is 3. The third-order valence-corrected chi connectivity index (χ3v) is 5.60. The molecule has 1 N–H and O–H groups in total. The van der Waals surface area contributed by atoms with Crippen molar-refractivity contribution in [2.45, 2.75) is 19.3 Å². The van der Waals surface area contributed by atoms with Gasteiger partial charge in [-0.15, -0.1) is 0 Å². The minimum absolute atomic E-state index is 0.0731. The van der Waals surface area contributed by atoms with Crippen LogP contribution in [0.25, 0.3) is 16.9 Å². The summed E-state index contributed by atoms with van der Waals surface area (Å²) in [6.07, 6.45) is 0.691. The summed E-state index contributed by atoms with van der Waals surface area (Å²) in [5, 5.41) is 8.52. The van der Waals surface area contributed by atoms with Crippen LogP contribution in [-0.2, 0) is 4.79 Å². The van der Waals surface area contributed by atoms with Crippen LogP contribution in [0, 0.1) is 0 Å². The quantitative estimate of drug-likeness (QED) is 0.361. The smallest absolute Gasteiger partial charge is 0.233 e. The standard InChI is InChI=1S/C26H24ClN3O2/c1-3-23(18-7-5-4-6-8-18)26(31)28-25-17-24(19-9-11-20(27)12-10-19)29-30(25)21-13-15-22(32-2)16-14-21/h4-17,23H,3H2,1-2H3,(H,28,31)/t23-/m1/s1. The van der Waals surface area contributed by atoms with Crippen LogP contribution in [-0.4, -0.2) is 22.8 Å². The molecule has 0 radical (unpaired) electrons. The number of nitrogens with zero attached hydrogens (tertiary/aromatic N) is 2.